The van der Waals surface area contributed by atoms with Gasteiger partial charge in [-0.2, -0.15) is 0 Å². The van der Waals surface area contributed by atoms with Gasteiger partial charge in [-0.1, -0.05) is 0 Å². The smallest absolute Gasteiger partial charge is 0.268 e. The molecular formula is C8H7BrClF2NO. The molecule has 1 heterocycles. The van der Waals surface area contributed by atoms with Gasteiger partial charge in [0.25, 0.3) is 6.43 Å². The minimum absolute atomic E-state index is 0.0379. The standard InChI is InChI=1S/C8H7BrClF2NO/c1-14-7-5(2-10)13-3-4(9)6(7)8(11)12/h3,8H,2H2,1H3. The van der Waals surface area contributed by atoms with Crippen LogP contribution in [-0.4, -0.2) is 12.1 Å². The quantitative estimate of drug-likeness (QED) is 0.793. The molecule has 78 valence electrons. The molecule has 14 heavy (non-hydrogen) atoms. The SMILES string of the molecule is COc1c(CCl)ncc(Br)c1C(F)F. The van der Waals surface area contributed by atoms with Crippen LogP contribution in [0.15, 0.2) is 10.7 Å². The van der Waals surface area contributed by atoms with Crippen LogP contribution in [0.5, 0.6) is 5.75 Å². The summed E-state index contributed by atoms with van der Waals surface area (Å²) in [5.41, 5.74) is 0.103. The van der Waals surface area contributed by atoms with Crippen LogP contribution in [-0.2, 0) is 5.88 Å². The largest absolute Gasteiger partial charge is 0.494 e. The number of hydrogen-bond donors (Lipinski definition) is 0. The summed E-state index contributed by atoms with van der Waals surface area (Å²) in [7, 11) is 1.31. The number of rotatable bonds is 3. The van der Waals surface area contributed by atoms with Gasteiger partial charge in [0.2, 0.25) is 0 Å². The van der Waals surface area contributed by atoms with Crippen molar-refractivity contribution >= 4 is 27.5 Å². The van der Waals surface area contributed by atoms with Crippen molar-refractivity contribution in [2.45, 2.75) is 12.3 Å². The van der Waals surface area contributed by atoms with E-state index in [2.05, 4.69) is 20.9 Å². The molecule has 6 heteroatoms. The summed E-state index contributed by atoms with van der Waals surface area (Å²) in [6.45, 7) is 0. The van der Waals surface area contributed by atoms with E-state index in [0.717, 1.165) is 0 Å². The third-order valence-corrected chi connectivity index (χ3v) is 2.53. The Morgan fingerprint density at radius 1 is 1.64 bits per heavy atom. The zero-order valence-electron chi connectivity index (χ0n) is 7.23. The number of methoxy groups -OCH3 is 1. The average molecular weight is 287 g/mol. The first-order valence-electron chi connectivity index (χ1n) is 3.67. The summed E-state index contributed by atoms with van der Waals surface area (Å²) >= 11 is 8.52. The molecule has 0 radical (unpaired) electrons. The maximum Gasteiger partial charge on any atom is 0.268 e. The fourth-order valence-electron chi connectivity index (χ4n) is 1.05. The molecule has 1 aromatic heterocycles. The van der Waals surface area contributed by atoms with Crippen LogP contribution < -0.4 is 4.74 Å². The molecule has 0 spiro atoms. The predicted molar refractivity (Wildman–Crippen MR) is 53.0 cm³/mol. The molecular weight excluding hydrogens is 279 g/mol. The van der Waals surface area contributed by atoms with Crippen LogP contribution in [0.2, 0.25) is 0 Å². The molecule has 0 aliphatic rings. The van der Waals surface area contributed by atoms with Crippen molar-refractivity contribution in [3.05, 3.63) is 21.9 Å². The number of halogens is 4. The molecule has 0 aliphatic carbocycles. The number of ether oxygens (including phenoxy) is 1. The maximum atomic E-state index is 12.6. The lowest BCUT2D eigenvalue weighted by Gasteiger charge is -2.12. The molecule has 0 unspecified atom stereocenters. The van der Waals surface area contributed by atoms with Gasteiger partial charge in [-0.05, 0) is 15.9 Å². The van der Waals surface area contributed by atoms with E-state index in [1.807, 2.05) is 0 Å². The number of alkyl halides is 3. The number of pyridine rings is 1. The third kappa shape index (κ3) is 2.15. The first-order chi connectivity index (χ1) is 6.61. The van der Waals surface area contributed by atoms with E-state index in [1.165, 1.54) is 13.3 Å². The minimum atomic E-state index is -2.62. The van der Waals surface area contributed by atoms with Crippen LogP contribution >= 0.6 is 27.5 Å². The number of aromatic nitrogens is 1. The molecule has 0 N–H and O–H groups in total. The van der Waals surface area contributed by atoms with Crippen molar-refractivity contribution in [1.82, 2.24) is 4.98 Å². The highest BCUT2D eigenvalue weighted by Gasteiger charge is 2.21. The lowest BCUT2D eigenvalue weighted by Crippen LogP contribution is -2.00. The van der Waals surface area contributed by atoms with Crippen molar-refractivity contribution < 1.29 is 13.5 Å². The second-order valence-corrected chi connectivity index (χ2v) is 3.56. The first-order valence-corrected chi connectivity index (χ1v) is 5.00. The summed E-state index contributed by atoms with van der Waals surface area (Å²) in [6, 6.07) is 0. The van der Waals surface area contributed by atoms with E-state index in [0.29, 0.717) is 5.69 Å². The predicted octanol–water partition coefficient (Wildman–Crippen LogP) is 3.53. The van der Waals surface area contributed by atoms with Crippen LogP contribution in [0.25, 0.3) is 0 Å². The van der Waals surface area contributed by atoms with Crippen molar-refractivity contribution in [1.29, 1.82) is 0 Å². The van der Waals surface area contributed by atoms with Gasteiger partial charge < -0.3 is 4.74 Å². The molecule has 0 amide bonds. The maximum absolute atomic E-state index is 12.6. The molecule has 0 saturated heterocycles. The minimum Gasteiger partial charge on any atom is -0.494 e. The lowest BCUT2D eigenvalue weighted by molar-refractivity contribution is 0.145. The number of hydrogen-bond acceptors (Lipinski definition) is 2. The van der Waals surface area contributed by atoms with Crippen molar-refractivity contribution in [3.63, 3.8) is 0 Å². The lowest BCUT2D eigenvalue weighted by atomic mass is 10.2. The Bertz CT molecular complexity index is 335. The highest BCUT2D eigenvalue weighted by Crippen LogP contribution is 2.37. The van der Waals surface area contributed by atoms with Crippen LogP contribution in [0.3, 0.4) is 0 Å². The highest BCUT2D eigenvalue weighted by atomic mass is 79.9. The van der Waals surface area contributed by atoms with Gasteiger partial charge in [0, 0.05) is 10.7 Å². The van der Waals surface area contributed by atoms with Gasteiger partial charge in [0.1, 0.15) is 0 Å². The van der Waals surface area contributed by atoms with Gasteiger partial charge >= 0.3 is 0 Å². The van der Waals surface area contributed by atoms with Crippen molar-refractivity contribution in [2.24, 2.45) is 0 Å². The Morgan fingerprint density at radius 3 is 2.71 bits per heavy atom. The summed E-state index contributed by atoms with van der Waals surface area (Å²) < 4.78 is 30.3. The summed E-state index contributed by atoms with van der Waals surface area (Å²) in [6.07, 6.45) is -1.33. The summed E-state index contributed by atoms with van der Waals surface area (Å²) in [5.74, 6) is 0.0836. The summed E-state index contributed by atoms with van der Waals surface area (Å²) in [5, 5.41) is 0. The highest BCUT2D eigenvalue weighted by molar-refractivity contribution is 9.10. The fourth-order valence-corrected chi connectivity index (χ4v) is 1.70. The van der Waals surface area contributed by atoms with E-state index in [4.69, 9.17) is 16.3 Å². The molecule has 1 aromatic rings. The molecule has 0 fully saturated rings. The third-order valence-electron chi connectivity index (χ3n) is 1.65. The van der Waals surface area contributed by atoms with E-state index >= 15 is 0 Å². The van der Waals surface area contributed by atoms with E-state index in [9.17, 15) is 8.78 Å². The first kappa shape index (κ1) is 11.7. The average Bonchev–Trinajstić information content (AvgIpc) is 2.16. The monoisotopic (exact) mass is 285 g/mol. The zero-order valence-corrected chi connectivity index (χ0v) is 9.57. The van der Waals surface area contributed by atoms with Crippen LogP contribution in [0.1, 0.15) is 17.7 Å². The second kappa shape index (κ2) is 4.89. The van der Waals surface area contributed by atoms with E-state index < -0.39 is 6.43 Å². The summed E-state index contributed by atoms with van der Waals surface area (Å²) in [4.78, 5) is 3.87. The normalized spacial score (nSPS) is 10.7. The van der Waals surface area contributed by atoms with Gasteiger partial charge in [0.15, 0.2) is 5.75 Å². The Hall–Kier alpha value is -0.420. The Kier molecular flexibility index (Phi) is 4.07. The second-order valence-electron chi connectivity index (χ2n) is 2.43. The molecule has 0 atom stereocenters. The molecule has 0 bridgehead atoms. The molecule has 0 saturated carbocycles. The molecule has 2 nitrogen and oxygen atoms in total. The van der Waals surface area contributed by atoms with E-state index in [1.54, 1.807) is 0 Å². The van der Waals surface area contributed by atoms with Crippen molar-refractivity contribution in [2.75, 3.05) is 7.11 Å². The molecule has 0 aliphatic heterocycles. The van der Waals surface area contributed by atoms with Gasteiger partial charge in [0.05, 0.1) is 24.2 Å². The molecule has 1 rings (SSSR count). The fraction of sp³-hybridized carbons (Fsp3) is 0.375. The zero-order chi connectivity index (χ0) is 10.7. The van der Waals surface area contributed by atoms with Gasteiger partial charge in [-0.3, -0.25) is 4.98 Å². The van der Waals surface area contributed by atoms with Gasteiger partial charge in [-0.15, -0.1) is 11.6 Å². The van der Waals surface area contributed by atoms with Crippen LogP contribution in [0.4, 0.5) is 8.78 Å². The molecule has 0 aromatic carbocycles. The van der Waals surface area contributed by atoms with Crippen LogP contribution in [0, 0.1) is 0 Å². The Labute approximate surface area is 93.4 Å². The van der Waals surface area contributed by atoms with Gasteiger partial charge in [-0.25, -0.2) is 8.78 Å². The number of nitrogens with zero attached hydrogens (tertiary/aromatic N) is 1. The van der Waals surface area contributed by atoms with Crippen molar-refractivity contribution in [3.8, 4) is 5.75 Å². The Balaban J connectivity index is 3.35. The Morgan fingerprint density at radius 2 is 2.29 bits per heavy atom. The topological polar surface area (TPSA) is 22.1 Å². The van der Waals surface area contributed by atoms with E-state index in [-0.39, 0.29) is 21.7 Å².